The topological polar surface area (TPSA) is 94.1 Å². The van der Waals surface area contributed by atoms with Crippen LogP contribution in [-0.2, 0) is 9.53 Å². The van der Waals surface area contributed by atoms with Crippen LogP contribution in [0.1, 0.15) is 30.6 Å². The van der Waals surface area contributed by atoms with Crippen LogP contribution in [0.25, 0.3) is 0 Å². The molecular weight excluding hydrogens is 350 g/mol. The molecule has 1 unspecified atom stereocenters. The molecule has 140 valence electrons. The Morgan fingerprint density at radius 3 is 2.48 bits per heavy atom. The zero-order chi connectivity index (χ0) is 19.0. The molecule has 0 aliphatic carbocycles. The monoisotopic (exact) mass is 373 g/mol. The first kappa shape index (κ1) is 21.1. The molecule has 0 saturated heterocycles. The fourth-order valence-corrected chi connectivity index (χ4v) is 2.24. The van der Waals surface area contributed by atoms with Crippen molar-refractivity contribution in [2.24, 2.45) is 5.92 Å². The van der Waals surface area contributed by atoms with Gasteiger partial charge in [0.15, 0.2) is 17.5 Å². The Bertz CT molecular complexity index is 605. The van der Waals surface area contributed by atoms with Crippen LogP contribution in [-0.4, -0.2) is 50.5 Å². The Morgan fingerprint density at radius 2 is 1.96 bits per heavy atom. The van der Waals surface area contributed by atoms with Gasteiger partial charge < -0.3 is 24.6 Å². The van der Waals surface area contributed by atoms with Gasteiger partial charge in [-0.15, -0.1) is 0 Å². The first-order valence-electron chi connectivity index (χ1n) is 7.83. The quantitative estimate of drug-likeness (QED) is 0.654. The van der Waals surface area contributed by atoms with Crippen molar-refractivity contribution in [3.05, 3.63) is 22.7 Å². The molecule has 0 fully saturated rings. The first-order chi connectivity index (χ1) is 11.8. The highest BCUT2D eigenvalue weighted by Gasteiger charge is 2.22. The molecule has 2 N–H and O–H groups in total. The van der Waals surface area contributed by atoms with Crippen molar-refractivity contribution in [3.63, 3.8) is 0 Å². The van der Waals surface area contributed by atoms with Gasteiger partial charge in [0, 0.05) is 12.7 Å². The highest BCUT2D eigenvalue weighted by molar-refractivity contribution is 6.32. The second-order valence-corrected chi connectivity index (χ2v) is 6.25. The number of hydrogen-bond acceptors (Lipinski definition) is 5. The third-order valence-corrected chi connectivity index (χ3v) is 3.65. The standard InChI is InChI=1S/C17H24ClNO6/c1-10(2)5-6-25-15-12(18)7-11(8-14(15)24-4)16(20)19-13(9-23-3)17(21)22/h7-8,10,13H,5-6,9H2,1-4H3,(H,19,20)(H,21,22). The summed E-state index contributed by atoms with van der Waals surface area (Å²) in [6.45, 7) is 4.47. The van der Waals surface area contributed by atoms with Crippen LogP contribution in [0.2, 0.25) is 5.02 Å². The van der Waals surface area contributed by atoms with Crippen LogP contribution < -0.4 is 14.8 Å². The van der Waals surface area contributed by atoms with Gasteiger partial charge in [0.2, 0.25) is 0 Å². The van der Waals surface area contributed by atoms with Gasteiger partial charge in [0.05, 0.1) is 25.3 Å². The molecule has 0 aromatic heterocycles. The van der Waals surface area contributed by atoms with Gasteiger partial charge in [0.1, 0.15) is 0 Å². The normalized spacial score (nSPS) is 11.9. The first-order valence-corrected chi connectivity index (χ1v) is 8.20. The van der Waals surface area contributed by atoms with Crippen molar-refractivity contribution in [1.82, 2.24) is 5.32 Å². The second-order valence-electron chi connectivity index (χ2n) is 5.84. The minimum atomic E-state index is -1.19. The summed E-state index contributed by atoms with van der Waals surface area (Å²) < 4.78 is 15.7. The van der Waals surface area contributed by atoms with E-state index >= 15 is 0 Å². The molecule has 1 atom stereocenters. The summed E-state index contributed by atoms with van der Waals surface area (Å²) in [6, 6.07) is 1.71. The lowest BCUT2D eigenvalue weighted by Gasteiger charge is -2.16. The molecule has 1 aromatic carbocycles. The van der Waals surface area contributed by atoms with E-state index in [9.17, 15) is 9.59 Å². The SMILES string of the molecule is COCC(NC(=O)c1cc(Cl)c(OCCC(C)C)c(OC)c1)C(=O)O. The van der Waals surface area contributed by atoms with Crippen molar-refractivity contribution in [1.29, 1.82) is 0 Å². The fraction of sp³-hybridized carbons (Fsp3) is 0.529. The number of aliphatic carboxylic acids is 1. The van der Waals surface area contributed by atoms with E-state index in [1.54, 1.807) is 0 Å². The van der Waals surface area contributed by atoms with Crippen molar-refractivity contribution in [2.45, 2.75) is 26.3 Å². The summed E-state index contributed by atoms with van der Waals surface area (Å²) in [5.41, 5.74) is 0.167. The van der Waals surface area contributed by atoms with Crippen LogP contribution in [0.5, 0.6) is 11.5 Å². The Morgan fingerprint density at radius 1 is 1.28 bits per heavy atom. The summed E-state index contributed by atoms with van der Waals surface area (Å²) in [7, 11) is 2.79. The number of hydrogen-bond donors (Lipinski definition) is 2. The van der Waals surface area contributed by atoms with E-state index in [0.29, 0.717) is 24.0 Å². The Balaban J connectivity index is 2.96. The van der Waals surface area contributed by atoms with Crippen molar-refractivity contribution < 1.29 is 28.9 Å². The molecule has 25 heavy (non-hydrogen) atoms. The van der Waals surface area contributed by atoms with Crippen LogP contribution in [0.3, 0.4) is 0 Å². The second kappa shape index (κ2) is 10.1. The molecule has 0 radical (unpaired) electrons. The molecule has 0 bridgehead atoms. The van der Waals surface area contributed by atoms with Crippen molar-refractivity contribution >= 4 is 23.5 Å². The van der Waals surface area contributed by atoms with Crippen molar-refractivity contribution in [3.8, 4) is 11.5 Å². The molecular formula is C17H24ClNO6. The van der Waals surface area contributed by atoms with E-state index in [0.717, 1.165) is 6.42 Å². The average molecular weight is 374 g/mol. The number of amides is 1. The number of carbonyl (C=O) groups excluding carboxylic acids is 1. The van der Waals surface area contributed by atoms with Crippen LogP contribution in [0.4, 0.5) is 0 Å². The van der Waals surface area contributed by atoms with Crippen molar-refractivity contribution in [2.75, 3.05) is 27.4 Å². The van der Waals surface area contributed by atoms with Gasteiger partial charge in [-0.05, 0) is 24.5 Å². The number of carbonyl (C=O) groups is 2. The molecule has 8 heteroatoms. The van der Waals surface area contributed by atoms with E-state index in [-0.39, 0.29) is 17.2 Å². The van der Waals surface area contributed by atoms with Gasteiger partial charge in [-0.1, -0.05) is 25.4 Å². The Hall–Kier alpha value is -1.99. The highest BCUT2D eigenvalue weighted by Crippen LogP contribution is 2.36. The van der Waals surface area contributed by atoms with Gasteiger partial charge in [-0.3, -0.25) is 4.79 Å². The third-order valence-electron chi connectivity index (χ3n) is 3.37. The molecule has 0 spiro atoms. The summed E-state index contributed by atoms with van der Waals surface area (Å²) in [6.07, 6.45) is 0.846. The molecule has 0 heterocycles. The predicted octanol–water partition coefficient (Wildman–Crippen LogP) is 2.60. The van der Waals surface area contributed by atoms with Gasteiger partial charge >= 0.3 is 5.97 Å². The van der Waals surface area contributed by atoms with Crippen LogP contribution >= 0.6 is 11.6 Å². The summed E-state index contributed by atoms with van der Waals surface area (Å²) in [5, 5.41) is 11.7. The summed E-state index contributed by atoms with van der Waals surface area (Å²) in [5.74, 6) is -0.656. The lowest BCUT2D eigenvalue weighted by Crippen LogP contribution is -2.43. The number of carboxylic acid groups (broad SMARTS) is 1. The highest BCUT2D eigenvalue weighted by atomic mass is 35.5. The van der Waals surface area contributed by atoms with E-state index in [2.05, 4.69) is 19.2 Å². The summed E-state index contributed by atoms with van der Waals surface area (Å²) in [4.78, 5) is 23.4. The minimum absolute atomic E-state index is 0.150. The van der Waals surface area contributed by atoms with E-state index in [1.165, 1.54) is 26.4 Å². The number of carboxylic acids is 1. The molecule has 1 aromatic rings. The zero-order valence-electron chi connectivity index (χ0n) is 14.8. The fourth-order valence-electron chi connectivity index (χ4n) is 1.97. The Kier molecular flexibility index (Phi) is 8.51. The average Bonchev–Trinajstić information content (AvgIpc) is 2.54. The predicted molar refractivity (Wildman–Crippen MR) is 93.7 cm³/mol. The third kappa shape index (κ3) is 6.43. The maximum absolute atomic E-state index is 12.3. The van der Waals surface area contributed by atoms with Gasteiger partial charge in [0.25, 0.3) is 5.91 Å². The number of ether oxygens (including phenoxy) is 3. The molecule has 0 aliphatic heterocycles. The lowest BCUT2D eigenvalue weighted by molar-refractivity contribution is -0.140. The summed E-state index contributed by atoms with van der Waals surface area (Å²) >= 11 is 6.21. The molecule has 1 rings (SSSR count). The molecule has 1 amide bonds. The molecule has 7 nitrogen and oxygen atoms in total. The lowest BCUT2D eigenvalue weighted by atomic mass is 10.1. The molecule has 0 saturated carbocycles. The number of halogens is 1. The number of methoxy groups -OCH3 is 2. The van der Waals surface area contributed by atoms with E-state index in [1.807, 2.05) is 0 Å². The van der Waals surface area contributed by atoms with Crippen LogP contribution in [0, 0.1) is 5.92 Å². The van der Waals surface area contributed by atoms with Gasteiger partial charge in [-0.25, -0.2) is 4.79 Å². The smallest absolute Gasteiger partial charge is 0.328 e. The number of rotatable bonds is 10. The molecule has 0 aliphatic rings. The maximum atomic E-state index is 12.3. The zero-order valence-corrected chi connectivity index (χ0v) is 15.6. The van der Waals surface area contributed by atoms with E-state index in [4.69, 9.17) is 30.9 Å². The number of benzene rings is 1. The Labute approximate surface area is 152 Å². The largest absolute Gasteiger partial charge is 0.493 e. The van der Waals surface area contributed by atoms with Gasteiger partial charge in [-0.2, -0.15) is 0 Å². The minimum Gasteiger partial charge on any atom is -0.493 e. The van der Waals surface area contributed by atoms with E-state index < -0.39 is 17.9 Å². The number of nitrogens with one attached hydrogen (secondary N) is 1. The van der Waals surface area contributed by atoms with Crippen LogP contribution in [0.15, 0.2) is 12.1 Å². The maximum Gasteiger partial charge on any atom is 0.328 e.